The first-order valence-electron chi connectivity index (χ1n) is 5.85. The van der Waals surface area contributed by atoms with E-state index >= 15 is 0 Å². The highest BCUT2D eigenvalue weighted by molar-refractivity contribution is 5.92. The Hall–Kier alpha value is -2.35. The number of benzene rings is 2. The molecule has 0 fully saturated rings. The van der Waals surface area contributed by atoms with E-state index in [1.807, 2.05) is 48.5 Å². The lowest BCUT2D eigenvalue weighted by atomic mass is 9.97. The number of ether oxygens (including phenoxy) is 1. The molecule has 0 atom stereocenters. The molecule has 0 saturated carbocycles. The van der Waals surface area contributed by atoms with Gasteiger partial charge in [-0.15, -0.1) is 0 Å². The normalized spacial score (nSPS) is 13.2. The summed E-state index contributed by atoms with van der Waals surface area (Å²) in [5.74, 6) is 0.893. The van der Waals surface area contributed by atoms with Gasteiger partial charge in [-0.05, 0) is 23.3 Å². The molecular weight excluding hydrogens is 224 g/mol. The van der Waals surface area contributed by atoms with Gasteiger partial charge in [0.25, 0.3) is 0 Å². The van der Waals surface area contributed by atoms with Crippen molar-refractivity contribution in [2.24, 2.45) is 0 Å². The molecule has 0 saturated heterocycles. The summed E-state index contributed by atoms with van der Waals surface area (Å²) in [6.07, 6.45) is 2.97. The van der Waals surface area contributed by atoms with Gasteiger partial charge >= 0.3 is 0 Å². The Bertz CT molecular complexity index is 626. The molecule has 18 heavy (non-hydrogen) atoms. The zero-order valence-corrected chi connectivity index (χ0v) is 9.80. The minimum atomic E-state index is 0.502. The van der Waals surface area contributed by atoms with Crippen molar-refractivity contribution < 1.29 is 9.53 Å². The van der Waals surface area contributed by atoms with E-state index in [0.29, 0.717) is 12.2 Å². The van der Waals surface area contributed by atoms with Gasteiger partial charge in [-0.1, -0.05) is 42.5 Å². The van der Waals surface area contributed by atoms with Crippen molar-refractivity contribution in [3.8, 4) is 5.75 Å². The van der Waals surface area contributed by atoms with Crippen LogP contribution in [0.3, 0.4) is 0 Å². The average Bonchev–Trinajstić information content (AvgIpc) is 2.46. The minimum Gasteiger partial charge on any atom is -0.488 e. The first-order valence-corrected chi connectivity index (χ1v) is 5.85. The zero-order valence-electron chi connectivity index (χ0n) is 9.80. The summed E-state index contributed by atoms with van der Waals surface area (Å²) in [6, 6.07) is 15.5. The van der Waals surface area contributed by atoms with Crippen LogP contribution in [0.5, 0.6) is 5.75 Å². The van der Waals surface area contributed by atoms with Crippen molar-refractivity contribution in [1.82, 2.24) is 0 Å². The Balaban J connectivity index is 2.09. The molecule has 0 amide bonds. The van der Waals surface area contributed by atoms with Gasteiger partial charge in [-0.3, -0.25) is 4.79 Å². The Morgan fingerprint density at radius 1 is 1.00 bits per heavy atom. The Morgan fingerprint density at radius 3 is 2.67 bits per heavy atom. The lowest BCUT2D eigenvalue weighted by Crippen LogP contribution is -2.07. The van der Waals surface area contributed by atoms with Gasteiger partial charge in [0.05, 0.1) is 0 Å². The van der Waals surface area contributed by atoms with E-state index in [4.69, 9.17) is 4.74 Å². The maximum atomic E-state index is 11.0. The van der Waals surface area contributed by atoms with Crippen LogP contribution >= 0.6 is 0 Å². The molecule has 2 aromatic rings. The molecule has 2 aromatic carbocycles. The third kappa shape index (κ3) is 1.82. The minimum absolute atomic E-state index is 0.502. The summed E-state index contributed by atoms with van der Waals surface area (Å²) in [5, 5.41) is 0. The molecule has 2 heteroatoms. The Kier molecular flexibility index (Phi) is 2.69. The van der Waals surface area contributed by atoms with Crippen molar-refractivity contribution >= 4 is 17.9 Å². The lowest BCUT2D eigenvalue weighted by Gasteiger charge is -2.18. The first kappa shape index (κ1) is 10.8. The van der Waals surface area contributed by atoms with Crippen LogP contribution in [-0.2, 0) is 0 Å². The second-order valence-electron chi connectivity index (χ2n) is 4.20. The van der Waals surface area contributed by atoms with E-state index in [2.05, 4.69) is 6.08 Å². The number of para-hydroxylation sites is 1. The number of carbonyl (C=O) groups excluding carboxylic acids is 1. The van der Waals surface area contributed by atoms with Gasteiger partial charge in [-0.25, -0.2) is 0 Å². The highest BCUT2D eigenvalue weighted by atomic mass is 16.5. The summed E-state index contributed by atoms with van der Waals surface area (Å²) in [7, 11) is 0. The predicted octanol–water partition coefficient (Wildman–Crippen LogP) is 3.43. The SMILES string of the molecule is O=Cc1ccccc1C1=Cc2ccccc2OC1. The van der Waals surface area contributed by atoms with Gasteiger partial charge in [0, 0.05) is 11.1 Å². The fraction of sp³-hybridized carbons (Fsp3) is 0.0625. The molecule has 0 N–H and O–H groups in total. The fourth-order valence-electron chi connectivity index (χ4n) is 2.16. The van der Waals surface area contributed by atoms with Gasteiger partial charge in [0.15, 0.2) is 6.29 Å². The van der Waals surface area contributed by atoms with E-state index in [1.54, 1.807) is 0 Å². The smallest absolute Gasteiger partial charge is 0.150 e. The standard InChI is InChI=1S/C16H12O2/c17-10-13-6-1-3-7-15(13)14-9-12-5-2-4-8-16(12)18-11-14/h1-10H,11H2. The number of aldehydes is 1. The molecule has 0 unspecified atom stereocenters. The van der Waals surface area contributed by atoms with Crippen molar-refractivity contribution in [1.29, 1.82) is 0 Å². The van der Waals surface area contributed by atoms with E-state index < -0.39 is 0 Å². The van der Waals surface area contributed by atoms with Gasteiger partial charge in [-0.2, -0.15) is 0 Å². The summed E-state index contributed by atoms with van der Waals surface area (Å²) < 4.78 is 5.71. The van der Waals surface area contributed by atoms with Crippen LogP contribution < -0.4 is 4.74 Å². The molecule has 0 aromatic heterocycles. The maximum Gasteiger partial charge on any atom is 0.150 e. The number of hydrogen-bond donors (Lipinski definition) is 0. The highest BCUT2D eigenvalue weighted by Gasteiger charge is 2.14. The summed E-state index contributed by atoms with van der Waals surface area (Å²) >= 11 is 0. The van der Waals surface area contributed by atoms with Gasteiger partial charge in [0.2, 0.25) is 0 Å². The van der Waals surface area contributed by atoms with Crippen LogP contribution in [-0.4, -0.2) is 12.9 Å². The van der Waals surface area contributed by atoms with Crippen molar-refractivity contribution in [3.05, 3.63) is 65.2 Å². The summed E-state index contributed by atoms with van der Waals surface area (Å²) in [6.45, 7) is 0.502. The number of carbonyl (C=O) groups is 1. The van der Waals surface area contributed by atoms with Gasteiger partial charge in [0.1, 0.15) is 12.4 Å². The monoisotopic (exact) mass is 236 g/mol. The molecule has 0 radical (unpaired) electrons. The van der Waals surface area contributed by atoms with Gasteiger partial charge < -0.3 is 4.74 Å². The van der Waals surface area contributed by atoms with Crippen LogP contribution in [0.25, 0.3) is 11.6 Å². The van der Waals surface area contributed by atoms with Crippen molar-refractivity contribution in [2.75, 3.05) is 6.61 Å². The van der Waals surface area contributed by atoms with Crippen LogP contribution in [0.4, 0.5) is 0 Å². The van der Waals surface area contributed by atoms with Crippen molar-refractivity contribution in [2.45, 2.75) is 0 Å². The summed E-state index contributed by atoms with van der Waals surface area (Å²) in [4.78, 5) is 11.0. The summed E-state index contributed by atoms with van der Waals surface area (Å²) in [5.41, 5.74) is 3.74. The molecule has 1 aliphatic heterocycles. The molecular formula is C16H12O2. The maximum absolute atomic E-state index is 11.0. The molecule has 1 heterocycles. The third-order valence-electron chi connectivity index (χ3n) is 3.07. The topological polar surface area (TPSA) is 26.3 Å². The quantitative estimate of drug-likeness (QED) is 0.747. The second kappa shape index (κ2) is 4.49. The van der Waals surface area contributed by atoms with Crippen LogP contribution in [0.1, 0.15) is 21.5 Å². The van der Waals surface area contributed by atoms with E-state index in [0.717, 1.165) is 28.7 Å². The number of rotatable bonds is 2. The van der Waals surface area contributed by atoms with Crippen LogP contribution in [0.15, 0.2) is 48.5 Å². The average molecular weight is 236 g/mol. The third-order valence-corrected chi connectivity index (χ3v) is 3.07. The molecule has 2 nitrogen and oxygen atoms in total. The van der Waals surface area contributed by atoms with E-state index in [1.165, 1.54) is 0 Å². The number of fused-ring (bicyclic) bond motifs is 1. The molecule has 88 valence electrons. The molecule has 0 aliphatic carbocycles. The Morgan fingerprint density at radius 2 is 1.78 bits per heavy atom. The second-order valence-corrected chi connectivity index (χ2v) is 4.20. The molecule has 1 aliphatic rings. The van der Waals surface area contributed by atoms with E-state index in [-0.39, 0.29) is 0 Å². The highest BCUT2D eigenvalue weighted by Crippen LogP contribution is 2.30. The zero-order chi connectivity index (χ0) is 12.4. The van der Waals surface area contributed by atoms with E-state index in [9.17, 15) is 4.79 Å². The predicted molar refractivity (Wildman–Crippen MR) is 71.6 cm³/mol. The molecule has 0 bridgehead atoms. The van der Waals surface area contributed by atoms with Crippen molar-refractivity contribution in [3.63, 3.8) is 0 Å². The van der Waals surface area contributed by atoms with Crippen LogP contribution in [0, 0.1) is 0 Å². The first-order chi connectivity index (χ1) is 8.88. The Labute approximate surface area is 106 Å². The number of hydrogen-bond acceptors (Lipinski definition) is 2. The fourth-order valence-corrected chi connectivity index (χ4v) is 2.16. The molecule has 3 rings (SSSR count). The molecule has 0 spiro atoms. The largest absolute Gasteiger partial charge is 0.488 e. The van der Waals surface area contributed by atoms with Crippen LogP contribution in [0.2, 0.25) is 0 Å². The lowest BCUT2D eigenvalue weighted by molar-refractivity contribution is 0.112.